The van der Waals surface area contributed by atoms with Gasteiger partial charge in [0, 0.05) is 6.04 Å². The molecule has 0 aliphatic carbocycles. The largest absolute Gasteiger partial charge is 0.351 e. The van der Waals surface area contributed by atoms with Gasteiger partial charge in [0.05, 0.1) is 0 Å². The Kier molecular flexibility index (Phi) is 5.51. The molecule has 1 N–H and O–H groups in total. The molecule has 0 saturated heterocycles. The van der Waals surface area contributed by atoms with Crippen LogP contribution < -0.4 is 5.32 Å². The second-order valence-corrected chi connectivity index (χ2v) is 6.04. The van der Waals surface area contributed by atoms with Crippen molar-refractivity contribution < 1.29 is 4.79 Å². The normalized spacial score (nSPS) is 13.2. The molecule has 6 nitrogen and oxygen atoms in total. The highest BCUT2D eigenvalue weighted by molar-refractivity contribution is 5.83. The van der Waals surface area contributed by atoms with E-state index in [1.165, 1.54) is 16.6 Å². The first kappa shape index (κ1) is 16.8. The second-order valence-electron chi connectivity index (χ2n) is 6.04. The van der Waals surface area contributed by atoms with Crippen LogP contribution in [-0.4, -0.2) is 32.2 Å². The highest BCUT2D eigenvalue weighted by Gasteiger charge is 2.24. The topological polar surface area (TPSA) is 72.7 Å². The van der Waals surface area contributed by atoms with E-state index in [1.54, 1.807) is 0 Å². The van der Waals surface area contributed by atoms with Crippen LogP contribution in [0.3, 0.4) is 0 Å². The Labute approximate surface area is 146 Å². The molecule has 0 spiro atoms. The smallest absolute Gasteiger partial charge is 0.249 e. The molecule has 3 rings (SSSR count). The van der Waals surface area contributed by atoms with E-state index in [4.69, 9.17) is 0 Å². The molecule has 3 aromatic rings. The van der Waals surface area contributed by atoms with E-state index in [1.807, 2.05) is 55.5 Å². The molecule has 6 heteroatoms. The van der Waals surface area contributed by atoms with Crippen LogP contribution >= 0.6 is 0 Å². The number of carbonyl (C=O) groups excluding carboxylic acids is 1. The fourth-order valence-corrected chi connectivity index (χ4v) is 2.77. The van der Waals surface area contributed by atoms with Gasteiger partial charge in [-0.3, -0.25) is 4.79 Å². The maximum atomic E-state index is 12.8. The molecule has 2 aromatic carbocycles. The predicted octanol–water partition coefficient (Wildman–Crippen LogP) is 2.40. The van der Waals surface area contributed by atoms with Gasteiger partial charge in [-0.15, -0.1) is 5.10 Å². The van der Waals surface area contributed by atoms with Crippen molar-refractivity contribution in [3.8, 4) is 0 Å². The van der Waals surface area contributed by atoms with E-state index in [0.717, 1.165) is 18.4 Å². The van der Waals surface area contributed by atoms with Gasteiger partial charge < -0.3 is 5.32 Å². The Hall–Kier alpha value is -3.02. The van der Waals surface area contributed by atoms with Crippen LogP contribution in [0.15, 0.2) is 67.0 Å². The summed E-state index contributed by atoms with van der Waals surface area (Å²) in [6.07, 6.45) is 3.25. The molecule has 1 heterocycles. The molecule has 128 valence electrons. The van der Waals surface area contributed by atoms with Crippen molar-refractivity contribution in [1.29, 1.82) is 0 Å². The molecule has 2 atom stereocenters. The minimum absolute atomic E-state index is 0.0513. The Morgan fingerprint density at radius 3 is 2.40 bits per heavy atom. The van der Waals surface area contributed by atoms with Gasteiger partial charge in [0.1, 0.15) is 6.33 Å². The molecule has 1 amide bonds. The van der Waals surface area contributed by atoms with Gasteiger partial charge in [0.25, 0.3) is 0 Å². The molecule has 1 aromatic heterocycles. The van der Waals surface area contributed by atoms with Crippen LogP contribution in [-0.2, 0) is 11.2 Å². The van der Waals surface area contributed by atoms with E-state index in [0.29, 0.717) is 0 Å². The predicted molar refractivity (Wildman–Crippen MR) is 94.8 cm³/mol. The van der Waals surface area contributed by atoms with E-state index in [9.17, 15) is 4.79 Å². The molecule has 0 aliphatic heterocycles. The molecular formula is C19H21N5O. The first-order valence-corrected chi connectivity index (χ1v) is 8.36. The van der Waals surface area contributed by atoms with Crippen LogP contribution in [0.2, 0.25) is 0 Å². The summed E-state index contributed by atoms with van der Waals surface area (Å²) in [5.41, 5.74) is 2.12. The third-order valence-electron chi connectivity index (χ3n) is 4.09. The summed E-state index contributed by atoms with van der Waals surface area (Å²) in [4.78, 5) is 12.8. The number of carbonyl (C=O) groups is 1. The van der Waals surface area contributed by atoms with Gasteiger partial charge in [-0.1, -0.05) is 60.7 Å². The van der Waals surface area contributed by atoms with E-state index >= 15 is 0 Å². The Balaban J connectivity index is 1.66. The van der Waals surface area contributed by atoms with Gasteiger partial charge in [0.15, 0.2) is 6.04 Å². The highest BCUT2D eigenvalue weighted by atomic mass is 16.2. The molecule has 0 radical (unpaired) electrons. The monoisotopic (exact) mass is 335 g/mol. The lowest BCUT2D eigenvalue weighted by Gasteiger charge is -2.20. The molecule has 25 heavy (non-hydrogen) atoms. The molecular weight excluding hydrogens is 314 g/mol. The number of nitrogens with zero attached hydrogens (tertiary/aromatic N) is 4. The fourth-order valence-electron chi connectivity index (χ4n) is 2.77. The van der Waals surface area contributed by atoms with Crippen LogP contribution in [0.5, 0.6) is 0 Å². The fraction of sp³-hybridized carbons (Fsp3) is 0.263. The lowest BCUT2D eigenvalue weighted by molar-refractivity contribution is -0.124. The molecule has 0 saturated carbocycles. The number of hydrogen-bond acceptors (Lipinski definition) is 4. The summed E-state index contributed by atoms with van der Waals surface area (Å²) < 4.78 is 1.48. The first-order chi connectivity index (χ1) is 12.2. The lowest BCUT2D eigenvalue weighted by Crippen LogP contribution is -2.39. The Morgan fingerprint density at radius 1 is 1.08 bits per heavy atom. The number of benzene rings is 2. The third kappa shape index (κ3) is 4.50. The van der Waals surface area contributed by atoms with E-state index in [2.05, 4.69) is 33.0 Å². The van der Waals surface area contributed by atoms with Crippen LogP contribution in [0, 0.1) is 0 Å². The zero-order valence-corrected chi connectivity index (χ0v) is 14.1. The number of aromatic nitrogens is 4. The van der Waals surface area contributed by atoms with E-state index < -0.39 is 6.04 Å². The minimum Gasteiger partial charge on any atom is -0.351 e. The molecule has 0 fully saturated rings. The van der Waals surface area contributed by atoms with Gasteiger partial charge in [-0.05, 0) is 41.3 Å². The standard InChI is InChI=1S/C19H21N5O/c1-15(12-13-16-8-4-2-5-9-16)21-19(25)18(24-14-20-22-23-24)17-10-6-3-7-11-17/h2-11,14-15,18H,12-13H2,1H3,(H,21,25)/t15?,18-/m1/s1. The van der Waals surface area contributed by atoms with Crippen LogP contribution in [0.4, 0.5) is 0 Å². The SMILES string of the molecule is CC(CCc1ccccc1)NC(=O)[C@@H](c1ccccc1)n1cnnn1. The molecule has 1 unspecified atom stereocenters. The van der Waals surface area contributed by atoms with E-state index in [-0.39, 0.29) is 11.9 Å². The number of nitrogens with one attached hydrogen (secondary N) is 1. The summed E-state index contributed by atoms with van der Waals surface area (Å²) in [7, 11) is 0. The van der Waals surface area contributed by atoms with Crippen molar-refractivity contribution in [3.63, 3.8) is 0 Å². The number of hydrogen-bond donors (Lipinski definition) is 1. The summed E-state index contributed by atoms with van der Waals surface area (Å²) >= 11 is 0. The number of rotatable bonds is 7. The number of tetrazole rings is 1. The number of amides is 1. The maximum absolute atomic E-state index is 12.8. The van der Waals surface area contributed by atoms with Crippen molar-refractivity contribution in [2.75, 3.05) is 0 Å². The Bertz CT molecular complexity index is 774. The molecule has 0 bridgehead atoms. The number of aryl methyl sites for hydroxylation is 1. The molecule has 0 aliphatic rings. The highest BCUT2D eigenvalue weighted by Crippen LogP contribution is 2.17. The van der Waals surface area contributed by atoms with Crippen LogP contribution in [0.1, 0.15) is 30.5 Å². The van der Waals surface area contributed by atoms with Crippen molar-refractivity contribution in [1.82, 2.24) is 25.5 Å². The summed E-state index contributed by atoms with van der Waals surface area (Å²) in [6.45, 7) is 2.02. The van der Waals surface area contributed by atoms with Crippen LogP contribution in [0.25, 0.3) is 0 Å². The summed E-state index contributed by atoms with van der Waals surface area (Å²) in [6, 6.07) is 19.3. The summed E-state index contributed by atoms with van der Waals surface area (Å²) in [5, 5.41) is 14.3. The average Bonchev–Trinajstić information content (AvgIpc) is 3.16. The van der Waals surface area contributed by atoms with Crippen molar-refractivity contribution in [2.24, 2.45) is 0 Å². The quantitative estimate of drug-likeness (QED) is 0.719. The van der Waals surface area contributed by atoms with Crippen molar-refractivity contribution >= 4 is 5.91 Å². The zero-order valence-electron chi connectivity index (χ0n) is 14.1. The lowest BCUT2D eigenvalue weighted by atomic mass is 10.0. The van der Waals surface area contributed by atoms with Gasteiger partial charge in [-0.2, -0.15) is 0 Å². The zero-order chi connectivity index (χ0) is 17.5. The van der Waals surface area contributed by atoms with Gasteiger partial charge in [0.2, 0.25) is 5.91 Å². The van der Waals surface area contributed by atoms with Crippen molar-refractivity contribution in [2.45, 2.75) is 31.8 Å². The maximum Gasteiger partial charge on any atom is 0.249 e. The minimum atomic E-state index is -0.574. The van der Waals surface area contributed by atoms with Crippen molar-refractivity contribution in [3.05, 3.63) is 78.1 Å². The van der Waals surface area contributed by atoms with Gasteiger partial charge in [-0.25, -0.2) is 4.68 Å². The van der Waals surface area contributed by atoms with Gasteiger partial charge >= 0.3 is 0 Å². The summed E-state index contributed by atoms with van der Waals surface area (Å²) in [5.74, 6) is -0.112. The Morgan fingerprint density at radius 2 is 1.76 bits per heavy atom. The average molecular weight is 335 g/mol. The second kappa shape index (κ2) is 8.19. The third-order valence-corrected chi connectivity index (χ3v) is 4.09. The first-order valence-electron chi connectivity index (χ1n) is 8.36.